The van der Waals surface area contributed by atoms with Crippen LogP contribution in [0.2, 0.25) is 0 Å². The highest BCUT2D eigenvalue weighted by atomic mass is 79.9. The molecule has 1 aromatic carbocycles. The zero-order valence-corrected chi connectivity index (χ0v) is 9.77. The summed E-state index contributed by atoms with van der Waals surface area (Å²) < 4.78 is 1.30. The number of halogens is 3. The molecule has 0 fully saturated rings. The van der Waals surface area contributed by atoms with E-state index in [-0.39, 0.29) is 4.49 Å². The first-order chi connectivity index (χ1) is 6.20. The van der Waals surface area contributed by atoms with E-state index in [1.807, 2.05) is 30.3 Å². The molecule has 0 bridgehead atoms. The van der Waals surface area contributed by atoms with Crippen LogP contribution in [0.15, 0.2) is 45.4 Å². The molecule has 0 amide bonds. The maximum Gasteiger partial charge on any atom is 0.106 e. The zero-order chi connectivity index (χ0) is 9.68. The van der Waals surface area contributed by atoms with Crippen LogP contribution >= 0.6 is 39.1 Å². The van der Waals surface area contributed by atoms with E-state index in [0.717, 1.165) is 10.0 Å². The van der Waals surface area contributed by atoms with Crippen molar-refractivity contribution in [3.05, 3.63) is 50.9 Å². The van der Waals surface area contributed by atoms with Gasteiger partial charge in [0.15, 0.2) is 0 Å². The minimum Gasteiger partial charge on any atom is -0.0709 e. The Balaban J connectivity index is 2.80. The van der Waals surface area contributed by atoms with Gasteiger partial charge in [0.2, 0.25) is 0 Å². The van der Waals surface area contributed by atoms with E-state index in [9.17, 15) is 0 Å². The van der Waals surface area contributed by atoms with Crippen molar-refractivity contribution in [2.24, 2.45) is 0 Å². The number of hydrogen-bond acceptors (Lipinski definition) is 0. The van der Waals surface area contributed by atoms with Crippen molar-refractivity contribution in [2.75, 3.05) is 0 Å². The SMILES string of the molecule is ClC(Cl)=C/C=C\c1ccccc1Br. The Morgan fingerprint density at radius 2 is 1.92 bits per heavy atom. The van der Waals surface area contributed by atoms with Crippen molar-refractivity contribution in [2.45, 2.75) is 0 Å². The molecule has 13 heavy (non-hydrogen) atoms. The Labute approximate surface area is 96.0 Å². The van der Waals surface area contributed by atoms with E-state index in [1.54, 1.807) is 12.2 Å². The average Bonchev–Trinajstić information content (AvgIpc) is 2.08. The summed E-state index contributed by atoms with van der Waals surface area (Å²) in [6.07, 6.45) is 5.35. The zero-order valence-electron chi connectivity index (χ0n) is 6.68. The van der Waals surface area contributed by atoms with Crippen LogP contribution in [0, 0.1) is 0 Å². The molecule has 0 unspecified atom stereocenters. The molecule has 1 aromatic rings. The maximum absolute atomic E-state index is 5.45. The summed E-state index contributed by atoms with van der Waals surface area (Å²) in [5.41, 5.74) is 1.09. The Kier molecular flexibility index (Phi) is 4.57. The van der Waals surface area contributed by atoms with Crippen LogP contribution in [0.3, 0.4) is 0 Å². The van der Waals surface area contributed by atoms with Crippen LogP contribution in [0.1, 0.15) is 5.56 Å². The summed E-state index contributed by atoms with van der Waals surface area (Å²) in [5.74, 6) is 0. The van der Waals surface area contributed by atoms with Gasteiger partial charge < -0.3 is 0 Å². The standard InChI is InChI=1S/C10H7BrCl2/c11-9-6-2-1-4-8(9)5-3-7-10(12)13/h1-7H/b5-3-. The third kappa shape index (κ3) is 3.99. The Hall–Kier alpha value is -0.240. The number of hydrogen-bond donors (Lipinski definition) is 0. The molecule has 0 saturated heterocycles. The first kappa shape index (κ1) is 10.8. The molecule has 3 heteroatoms. The van der Waals surface area contributed by atoms with Gasteiger partial charge in [-0.15, -0.1) is 0 Å². The van der Waals surface area contributed by atoms with Gasteiger partial charge in [-0.3, -0.25) is 0 Å². The molecule has 0 spiro atoms. The maximum atomic E-state index is 5.45. The fourth-order valence-electron chi connectivity index (χ4n) is 0.835. The lowest BCUT2D eigenvalue weighted by Gasteiger charge is -1.94. The predicted molar refractivity (Wildman–Crippen MR) is 63.0 cm³/mol. The fourth-order valence-corrected chi connectivity index (χ4v) is 1.40. The molecular weight excluding hydrogens is 271 g/mol. The van der Waals surface area contributed by atoms with Crippen molar-refractivity contribution in [1.29, 1.82) is 0 Å². The lowest BCUT2D eigenvalue weighted by molar-refractivity contribution is 1.60. The summed E-state index contributed by atoms with van der Waals surface area (Å²) in [6.45, 7) is 0. The van der Waals surface area contributed by atoms with Crippen LogP contribution in [-0.4, -0.2) is 0 Å². The Morgan fingerprint density at radius 1 is 1.23 bits per heavy atom. The molecule has 0 atom stereocenters. The Bertz CT molecular complexity index is 339. The molecule has 1 rings (SSSR count). The smallest absolute Gasteiger partial charge is 0.0709 e. The quantitative estimate of drug-likeness (QED) is 0.683. The van der Waals surface area contributed by atoms with Gasteiger partial charge in [0.25, 0.3) is 0 Å². The first-order valence-electron chi connectivity index (χ1n) is 3.64. The van der Waals surface area contributed by atoms with Crippen LogP contribution in [-0.2, 0) is 0 Å². The molecule has 0 saturated carbocycles. The van der Waals surface area contributed by atoms with Crippen LogP contribution < -0.4 is 0 Å². The molecule has 0 heterocycles. The minimum atomic E-state index is 0.253. The molecule has 0 N–H and O–H groups in total. The topological polar surface area (TPSA) is 0 Å². The second-order valence-corrected chi connectivity index (χ2v) is 4.20. The largest absolute Gasteiger partial charge is 0.106 e. The van der Waals surface area contributed by atoms with Crippen molar-refractivity contribution >= 4 is 45.2 Å². The van der Waals surface area contributed by atoms with Gasteiger partial charge in [0.05, 0.1) is 0 Å². The van der Waals surface area contributed by atoms with Crippen LogP contribution in [0.5, 0.6) is 0 Å². The molecule has 0 aromatic heterocycles. The van der Waals surface area contributed by atoms with Gasteiger partial charge in [-0.1, -0.05) is 69.5 Å². The van der Waals surface area contributed by atoms with Gasteiger partial charge in [-0.05, 0) is 17.7 Å². The van der Waals surface area contributed by atoms with Gasteiger partial charge in [0, 0.05) is 4.47 Å². The lowest BCUT2D eigenvalue weighted by atomic mass is 10.2. The average molecular weight is 278 g/mol. The third-order valence-corrected chi connectivity index (χ3v) is 2.38. The lowest BCUT2D eigenvalue weighted by Crippen LogP contribution is -1.72. The molecule has 0 aliphatic carbocycles. The van der Waals surface area contributed by atoms with E-state index in [4.69, 9.17) is 23.2 Å². The highest BCUT2D eigenvalue weighted by molar-refractivity contribution is 9.10. The minimum absolute atomic E-state index is 0.253. The molecular formula is C10H7BrCl2. The number of rotatable bonds is 2. The summed E-state index contributed by atoms with van der Waals surface area (Å²) in [7, 11) is 0. The van der Waals surface area contributed by atoms with Gasteiger partial charge in [-0.2, -0.15) is 0 Å². The third-order valence-electron chi connectivity index (χ3n) is 1.40. The fraction of sp³-hybridized carbons (Fsp3) is 0. The molecule has 0 nitrogen and oxygen atoms in total. The van der Waals surface area contributed by atoms with Crippen molar-refractivity contribution in [1.82, 2.24) is 0 Å². The molecule has 0 radical (unpaired) electrons. The van der Waals surface area contributed by atoms with E-state index >= 15 is 0 Å². The van der Waals surface area contributed by atoms with Gasteiger partial charge in [-0.25, -0.2) is 0 Å². The summed E-state index contributed by atoms with van der Waals surface area (Å²) >= 11 is 14.3. The van der Waals surface area contributed by atoms with Crippen molar-refractivity contribution in [3.8, 4) is 0 Å². The first-order valence-corrected chi connectivity index (χ1v) is 5.19. The van der Waals surface area contributed by atoms with Crippen molar-refractivity contribution in [3.63, 3.8) is 0 Å². The second-order valence-electron chi connectivity index (χ2n) is 2.34. The van der Waals surface area contributed by atoms with Gasteiger partial charge in [0.1, 0.15) is 4.49 Å². The van der Waals surface area contributed by atoms with E-state index < -0.39 is 0 Å². The highest BCUT2D eigenvalue weighted by Crippen LogP contribution is 2.17. The number of allylic oxidation sites excluding steroid dienone is 2. The summed E-state index contributed by atoms with van der Waals surface area (Å²) in [5, 5.41) is 0. The monoisotopic (exact) mass is 276 g/mol. The van der Waals surface area contributed by atoms with Crippen LogP contribution in [0.4, 0.5) is 0 Å². The molecule has 0 aliphatic heterocycles. The summed E-state index contributed by atoms with van der Waals surface area (Å²) in [4.78, 5) is 0. The second kappa shape index (κ2) is 5.48. The van der Waals surface area contributed by atoms with E-state index in [2.05, 4.69) is 15.9 Å². The van der Waals surface area contributed by atoms with E-state index in [1.165, 1.54) is 0 Å². The van der Waals surface area contributed by atoms with Gasteiger partial charge >= 0.3 is 0 Å². The number of benzene rings is 1. The highest BCUT2D eigenvalue weighted by Gasteiger charge is 1.90. The van der Waals surface area contributed by atoms with E-state index in [0.29, 0.717) is 0 Å². The molecule has 0 aliphatic rings. The van der Waals surface area contributed by atoms with Crippen molar-refractivity contribution < 1.29 is 0 Å². The normalized spacial score (nSPS) is 10.4. The van der Waals surface area contributed by atoms with Crippen LogP contribution in [0.25, 0.3) is 6.08 Å². The molecule has 68 valence electrons. The summed E-state index contributed by atoms with van der Waals surface area (Å²) in [6, 6.07) is 7.91. The Morgan fingerprint density at radius 3 is 2.54 bits per heavy atom. The predicted octanol–water partition coefficient (Wildman–Crippen LogP) is 4.78.